The van der Waals surface area contributed by atoms with Crippen molar-refractivity contribution in [3.8, 4) is 0 Å². The van der Waals surface area contributed by atoms with Crippen molar-refractivity contribution in [2.24, 2.45) is 5.92 Å². The average molecular weight is 214 g/mol. The van der Waals surface area contributed by atoms with Crippen LogP contribution in [0.15, 0.2) is 0 Å². The molecule has 1 amide bonds. The molecule has 0 aromatic heterocycles. The second kappa shape index (κ2) is 5.29. The zero-order valence-corrected chi connectivity index (χ0v) is 9.62. The van der Waals surface area contributed by atoms with Crippen molar-refractivity contribution in [2.45, 2.75) is 45.6 Å². The van der Waals surface area contributed by atoms with E-state index in [0.29, 0.717) is 11.2 Å². The molecule has 0 aromatic carbocycles. The highest BCUT2D eigenvalue weighted by Gasteiger charge is 2.16. The molecule has 0 aromatic rings. The number of carbonyl (C=O) groups excluding carboxylic acids is 1. The maximum atomic E-state index is 11.3. The molecule has 1 fully saturated rings. The summed E-state index contributed by atoms with van der Waals surface area (Å²) in [5.74, 6) is -0.0289. The molecule has 3 nitrogen and oxygen atoms in total. The molecule has 1 aliphatic rings. The molecule has 0 unspecified atom stereocenters. The summed E-state index contributed by atoms with van der Waals surface area (Å²) in [5.41, 5.74) is 0. The highest BCUT2D eigenvalue weighted by atomic mass is 32.1. The van der Waals surface area contributed by atoms with Gasteiger partial charge < -0.3 is 10.6 Å². The van der Waals surface area contributed by atoms with Crippen LogP contribution in [0.1, 0.15) is 39.5 Å². The van der Waals surface area contributed by atoms with Gasteiger partial charge in [-0.25, -0.2) is 0 Å². The Balaban J connectivity index is 2.24. The van der Waals surface area contributed by atoms with Gasteiger partial charge in [-0.1, -0.05) is 26.7 Å². The Bertz CT molecular complexity index is 222. The maximum Gasteiger partial charge on any atom is 0.228 e. The summed E-state index contributed by atoms with van der Waals surface area (Å²) < 4.78 is 0. The minimum Gasteiger partial charge on any atom is -0.360 e. The fourth-order valence-electron chi connectivity index (χ4n) is 1.55. The zero-order valence-electron chi connectivity index (χ0n) is 8.80. The van der Waals surface area contributed by atoms with Gasteiger partial charge in [-0.05, 0) is 25.1 Å². The lowest BCUT2D eigenvalue weighted by molar-refractivity contribution is -0.122. The fourth-order valence-corrected chi connectivity index (χ4v) is 1.82. The summed E-state index contributed by atoms with van der Waals surface area (Å²) in [5, 5.41) is 6.33. The lowest BCUT2D eigenvalue weighted by Gasteiger charge is -2.15. The molecule has 0 saturated heterocycles. The molecule has 80 valence electrons. The number of carbonyl (C=O) groups is 1. The fraction of sp³-hybridized carbons (Fsp3) is 0.800. The highest BCUT2D eigenvalue weighted by Crippen LogP contribution is 2.17. The molecule has 4 heteroatoms. The van der Waals surface area contributed by atoms with E-state index in [0.717, 1.165) is 12.8 Å². The van der Waals surface area contributed by atoms with Crippen LogP contribution in [0, 0.1) is 5.92 Å². The molecule has 0 atom stereocenters. The second-order valence-electron chi connectivity index (χ2n) is 4.10. The summed E-state index contributed by atoms with van der Waals surface area (Å²) in [6, 6.07) is 0.468. The van der Waals surface area contributed by atoms with E-state index in [-0.39, 0.29) is 11.8 Å². The van der Waals surface area contributed by atoms with Crippen molar-refractivity contribution in [1.29, 1.82) is 0 Å². The molecule has 1 aliphatic carbocycles. The van der Waals surface area contributed by atoms with E-state index in [4.69, 9.17) is 12.2 Å². The number of nitrogens with one attached hydrogen (secondary N) is 2. The number of amides is 1. The molecule has 2 N–H and O–H groups in total. The SMILES string of the molecule is CC(C)C(=O)NC(=S)NC1CCCC1. The summed E-state index contributed by atoms with van der Waals surface area (Å²) in [7, 11) is 0. The predicted octanol–water partition coefficient (Wildman–Crippen LogP) is 1.58. The Morgan fingerprint density at radius 2 is 1.93 bits per heavy atom. The monoisotopic (exact) mass is 214 g/mol. The molecular weight excluding hydrogens is 196 g/mol. The van der Waals surface area contributed by atoms with Crippen molar-refractivity contribution in [1.82, 2.24) is 10.6 Å². The Labute approximate surface area is 90.6 Å². The summed E-state index contributed by atoms with van der Waals surface area (Å²) in [4.78, 5) is 11.3. The Hall–Kier alpha value is -0.640. The van der Waals surface area contributed by atoms with Crippen molar-refractivity contribution < 1.29 is 4.79 Å². The van der Waals surface area contributed by atoms with Crippen molar-refractivity contribution in [2.75, 3.05) is 0 Å². The number of thiocarbonyl (C=S) groups is 1. The molecule has 0 spiro atoms. The smallest absolute Gasteiger partial charge is 0.228 e. The summed E-state index contributed by atoms with van der Waals surface area (Å²) >= 11 is 5.04. The van der Waals surface area contributed by atoms with E-state index >= 15 is 0 Å². The Morgan fingerprint density at radius 1 is 1.36 bits per heavy atom. The number of hydrogen-bond donors (Lipinski definition) is 2. The topological polar surface area (TPSA) is 41.1 Å². The maximum absolute atomic E-state index is 11.3. The molecular formula is C10H18N2OS. The van der Waals surface area contributed by atoms with Gasteiger partial charge in [0.25, 0.3) is 0 Å². The van der Waals surface area contributed by atoms with Gasteiger partial charge in [0.05, 0.1) is 0 Å². The van der Waals surface area contributed by atoms with E-state index in [1.54, 1.807) is 0 Å². The van der Waals surface area contributed by atoms with Gasteiger partial charge in [-0.15, -0.1) is 0 Å². The van der Waals surface area contributed by atoms with Crippen LogP contribution in [0.4, 0.5) is 0 Å². The highest BCUT2D eigenvalue weighted by molar-refractivity contribution is 7.80. The van der Waals surface area contributed by atoms with Gasteiger partial charge in [0.1, 0.15) is 0 Å². The van der Waals surface area contributed by atoms with Crippen LogP contribution >= 0.6 is 12.2 Å². The largest absolute Gasteiger partial charge is 0.360 e. The van der Waals surface area contributed by atoms with Gasteiger partial charge in [0.2, 0.25) is 5.91 Å². The summed E-state index contributed by atoms with van der Waals surface area (Å²) in [6.07, 6.45) is 4.85. The Morgan fingerprint density at radius 3 is 2.43 bits per heavy atom. The predicted molar refractivity (Wildman–Crippen MR) is 61.0 cm³/mol. The van der Waals surface area contributed by atoms with Crippen LogP contribution in [0.5, 0.6) is 0 Å². The number of hydrogen-bond acceptors (Lipinski definition) is 2. The lowest BCUT2D eigenvalue weighted by Crippen LogP contribution is -2.44. The van der Waals surface area contributed by atoms with Crippen molar-refractivity contribution >= 4 is 23.2 Å². The third-order valence-corrected chi connectivity index (χ3v) is 2.67. The first-order valence-corrected chi connectivity index (χ1v) is 5.62. The lowest BCUT2D eigenvalue weighted by atomic mass is 10.2. The quantitative estimate of drug-likeness (QED) is 0.686. The van der Waals surface area contributed by atoms with Crippen LogP contribution in [0.2, 0.25) is 0 Å². The molecule has 14 heavy (non-hydrogen) atoms. The Kier molecular flexibility index (Phi) is 4.32. The van der Waals surface area contributed by atoms with E-state index in [1.165, 1.54) is 12.8 Å². The summed E-state index contributed by atoms with van der Waals surface area (Å²) in [6.45, 7) is 3.71. The van der Waals surface area contributed by atoms with Crippen molar-refractivity contribution in [3.63, 3.8) is 0 Å². The molecule has 0 aliphatic heterocycles. The van der Waals surface area contributed by atoms with E-state index in [1.807, 2.05) is 13.8 Å². The van der Waals surface area contributed by atoms with E-state index < -0.39 is 0 Å². The van der Waals surface area contributed by atoms with Gasteiger partial charge in [0.15, 0.2) is 5.11 Å². The van der Waals surface area contributed by atoms with Crippen LogP contribution in [0.3, 0.4) is 0 Å². The third-order valence-electron chi connectivity index (χ3n) is 2.45. The molecule has 1 saturated carbocycles. The third kappa shape index (κ3) is 3.62. The van der Waals surface area contributed by atoms with E-state index in [2.05, 4.69) is 10.6 Å². The van der Waals surface area contributed by atoms with Crippen LogP contribution in [0.25, 0.3) is 0 Å². The average Bonchev–Trinajstić information content (AvgIpc) is 2.56. The normalized spacial score (nSPS) is 17.1. The minimum atomic E-state index is -0.0154. The molecule has 0 radical (unpaired) electrons. The van der Waals surface area contributed by atoms with Crippen molar-refractivity contribution in [3.05, 3.63) is 0 Å². The van der Waals surface area contributed by atoms with Gasteiger partial charge in [0, 0.05) is 12.0 Å². The standard InChI is InChI=1S/C10H18N2OS/c1-7(2)9(13)12-10(14)11-8-5-3-4-6-8/h7-8H,3-6H2,1-2H3,(H2,11,12,13,14). The first kappa shape index (κ1) is 11.4. The molecule has 1 rings (SSSR count). The van der Waals surface area contributed by atoms with E-state index in [9.17, 15) is 4.79 Å². The van der Waals surface area contributed by atoms with Gasteiger partial charge in [-0.3, -0.25) is 4.79 Å². The first-order chi connectivity index (χ1) is 6.59. The van der Waals surface area contributed by atoms with Crippen LogP contribution in [-0.4, -0.2) is 17.1 Å². The number of rotatable bonds is 2. The first-order valence-electron chi connectivity index (χ1n) is 5.21. The molecule has 0 heterocycles. The second-order valence-corrected chi connectivity index (χ2v) is 4.51. The van der Waals surface area contributed by atoms with Crippen LogP contribution in [-0.2, 0) is 4.79 Å². The van der Waals surface area contributed by atoms with Gasteiger partial charge in [-0.2, -0.15) is 0 Å². The minimum absolute atomic E-state index is 0.0134. The molecule has 0 bridgehead atoms. The zero-order chi connectivity index (χ0) is 10.6. The van der Waals surface area contributed by atoms with Crippen LogP contribution < -0.4 is 10.6 Å². The van der Waals surface area contributed by atoms with Gasteiger partial charge >= 0.3 is 0 Å².